The van der Waals surface area contributed by atoms with E-state index in [1.54, 1.807) is 17.5 Å². The topological polar surface area (TPSA) is 57.3 Å². The van der Waals surface area contributed by atoms with Crippen molar-refractivity contribution in [2.75, 3.05) is 11.9 Å². The van der Waals surface area contributed by atoms with Gasteiger partial charge in [-0.3, -0.25) is 9.78 Å². The molecule has 3 heterocycles. The number of rotatable bonds is 6. The summed E-state index contributed by atoms with van der Waals surface area (Å²) < 4.78 is 0. The normalized spacial score (nSPS) is 18.3. The number of amides is 1. The second-order valence-electron chi connectivity index (χ2n) is 7.45. The van der Waals surface area contributed by atoms with Gasteiger partial charge in [-0.25, -0.2) is 0 Å². The van der Waals surface area contributed by atoms with E-state index in [0.717, 1.165) is 22.5 Å². The minimum atomic E-state index is -0.0422. The molecular weight excluding hydrogens is 412 g/mol. The van der Waals surface area contributed by atoms with Gasteiger partial charge in [0.2, 0.25) is 5.91 Å². The van der Waals surface area contributed by atoms with Gasteiger partial charge in [-0.15, -0.1) is 11.3 Å². The van der Waals surface area contributed by atoms with Crippen LogP contribution in [0, 0.1) is 13.8 Å². The van der Waals surface area contributed by atoms with Crippen LogP contribution in [0.5, 0.6) is 0 Å². The van der Waals surface area contributed by atoms with Crippen LogP contribution in [0.15, 0.2) is 60.1 Å². The number of carbonyl (C=O) groups excluding carboxylic acids is 1. The van der Waals surface area contributed by atoms with E-state index in [4.69, 9.17) is 12.2 Å². The number of nitrogens with zero attached hydrogens (tertiary/aromatic N) is 2. The van der Waals surface area contributed by atoms with Gasteiger partial charge in [-0.2, -0.15) is 0 Å². The molecule has 1 aliphatic heterocycles. The highest BCUT2D eigenvalue weighted by molar-refractivity contribution is 7.80. The maximum absolute atomic E-state index is 12.7. The number of carbonyl (C=O) groups is 1. The summed E-state index contributed by atoms with van der Waals surface area (Å²) >= 11 is 7.34. The molecule has 0 unspecified atom stereocenters. The number of benzene rings is 1. The van der Waals surface area contributed by atoms with Crippen molar-refractivity contribution in [2.24, 2.45) is 0 Å². The molecule has 2 N–H and O–H groups in total. The molecule has 0 saturated carbocycles. The molecule has 154 valence electrons. The molecule has 0 radical (unpaired) electrons. The van der Waals surface area contributed by atoms with Crippen LogP contribution in [0.3, 0.4) is 0 Å². The molecule has 1 amide bonds. The highest BCUT2D eigenvalue weighted by Gasteiger charge is 2.40. The number of thiophene rings is 1. The highest BCUT2D eigenvalue weighted by Crippen LogP contribution is 2.40. The Morgan fingerprint density at radius 2 is 2.10 bits per heavy atom. The van der Waals surface area contributed by atoms with Crippen LogP contribution in [0.2, 0.25) is 0 Å². The zero-order valence-electron chi connectivity index (χ0n) is 17.0. The summed E-state index contributed by atoms with van der Waals surface area (Å²) in [5, 5.41) is 9.18. The average Bonchev–Trinajstić information content (AvgIpc) is 3.37. The van der Waals surface area contributed by atoms with Gasteiger partial charge in [-0.05, 0) is 66.8 Å². The van der Waals surface area contributed by atoms with Gasteiger partial charge in [0.1, 0.15) is 0 Å². The van der Waals surface area contributed by atoms with Crippen LogP contribution in [0.1, 0.15) is 40.2 Å². The summed E-state index contributed by atoms with van der Waals surface area (Å²) in [4.78, 5) is 20.5. The molecule has 4 rings (SSSR count). The van der Waals surface area contributed by atoms with Crippen LogP contribution in [0.25, 0.3) is 0 Å². The lowest BCUT2D eigenvalue weighted by atomic mass is 10.0. The van der Waals surface area contributed by atoms with Crippen LogP contribution < -0.4 is 10.6 Å². The van der Waals surface area contributed by atoms with Gasteiger partial charge in [-0.1, -0.05) is 24.3 Å². The average molecular weight is 437 g/mol. The fourth-order valence-electron chi connectivity index (χ4n) is 3.72. The van der Waals surface area contributed by atoms with Gasteiger partial charge >= 0.3 is 0 Å². The summed E-state index contributed by atoms with van der Waals surface area (Å²) in [5.74, 6) is -0.0160. The Kier molecular flexibility index (Phi) is 6.11. The van der Waals surface area contributed by atoms with Crippen molar-refractivity contribution >= 4 is 40.3 Å². The predicted octanol–water partition coefficient (Wildman–Crippen LogP) is 4.76. The summed E-state index contributed by atoms with van der Waals surface area (Å²) in [6, 6.07) is 16.1. The molecule has 0 aliphatic carbocycles. The Bertz CT molecular complexity index is 1040. The van der Waals surface area contributed by atoms with Crippen molar-refractivity contribution < 1.29 is 4.79 Å². The Morgan fingerprint density at radius 1 is 1.23 bits per heavy atom. The number of pyridine rings is 1. The van der Waals surface area contributed by atoms with Crippen molar-refractivity contribution in [2.45, 2.75) is 32.4 Å². The molecule has 30 heavy (non-hydrogen) atoms. The summed E-state index contributed by atoms with van der Waals surface area (Å²) in [5.41, 5.74) is 3.99. The van der Waals surface area contributed by atoms with E-state index >= 15 is 0 Å². The third kappa shape index (κ3) is 4.37. The fraction of sp³-hybridized carbons (Fsp3) is 0.261. The Hall–Kier alpha value is -2.77. The summed E-state index contributed by atoms with van der Waals surface area (Å²) in [6.07, 6.45) is 2.15. The Balaban J connectivity index is 1.50. The standard InChI is InChI=1S/C23H24N4OS2/c1-15-8-9-16(2)18(14-15)25-20(28)10-12-27-22(19-7-5-13-30-19)21(26-23(27)29)17-6-3-4-11-24-17/h3-9,11,13-14,21-22H,10,12H2,1-2H3,(H,25,28)(H,26,29)/t21-,22-/m1/s1. The van der Waals surface area contributed by atoms with Crippen molar-refractivity contribution in [1.82, 2.24) is 15.2 Å². The van der Waals surface area contributed by atoms with Gasteiger partial charge in [0.25, 0.3) is 0 Å². The van der Waals surface area contributed by atoms with Crippen molar-refractivity contribution in [3.63, 3.8) is 0 Å². The lowest BCUT2D eigenvalue weighted by Crippen LogP contribution is -2.32. The number of hydrogen-bond donors (Lipinski definition) is 2. The minimum absolute atomic E-state index is 0.0147. The van der Waals surface area contributed by atoms with Gasteiger partial charge in [0.15, 0.2) is 5.11 Å². The quantitative estimate of drug-likeness (QED) is 0.546. The first-order chi connectivity index (χ1) is 14.5. The predicted molar refractivity (Wildman–Crippen MR) is 126 cm³/mol. The first-order valence-corrected chi connectivity index (χ1v) is 11.2. The molecule has 3 aromatic rings. The number of thiocarbonyl (C=S) groups is 1. The van der Waals surface area contributed by atoms with E-state index in [-0.39, 0.29) is 18.0 Å². The first-order valence-electron chi connectivity index (χ1n) is 9.91. The van der Waals surface area contributed by atoms with E-state index < -0.39 is 0 Å². The molecule has 7 heteroatoms. The van der Waals surface area contributed by atoms with Gasteiger partial charge < -0.3 is 15.5 Å². The molecule has 1 aromatic carbocycles. The first kappa shape index (κ1) is 20.5. The van der Waals surface area contributed by atoms with Crippen molar-refractivity contribution in [3.8, 4) is 0 Å². The molecule has 2 aromatic heterocycles. The molecule has 1 fully saturated rings. The number of anilines is 1. The molecule has 2 atom stereocenters. The van der Waals surface area contributed by atoms with E-state index in [2.05, 4.69) is 32.0 Å². The van der Waals surface area contributed by atoms with E-state index in [9.17, 15) is 4.79 Å². The number of hydrogen-bond acceptors (Lipinski definition) is 4. The third-order valence-corrected chi connectivity index (χ3v) is 6.57. The van der Waals surface area contributed by atoms with Crippen LogP contribution in [0.4, 0.5) is 5.69 Å². The van der Waals surface area contributed by atoms with Crippen molar-refractivity contribution in [1.29, 1.82) is 0 Å². The largest absolute Gasteiger partial charge is 0.352 e. The third-order valence-electron chi connectivity index (χ3n) is 5.28. The Morgan fingerprint density at radius 3 is 2.83 bits per heavy atom. The lowest BCUT2D eigenvalue weighted by Gasteiger charge is -2.26. The van der Waals surface area contributed by atoms with Crippen LogP contribution in [-0.2, 0) is 4.79 Å². The smallest absolute Gasteiger partial charge is 0.226 e. The van der Waals surface area contributed by atoms with Gasteiger partial charge in [0.05, 0.1) is 17.8 Å². The maximum atomic E-state index is 12.7. The molecule has 1 saturated heterocycles. The second kappa shape index (κ2) is 8.93. The number of aryl methyl sites for hydroxylation is 2. The molecular formula is C23H24N4OS2. The van der Waals surface area contributed by atoms with Crippen LogP contribution in [-0.4, -0.2) is 27.4 Å². The zero-order valence-corrected chi connectivity index (χ0v) is 18.6. The maximum Gasteiger partial charge on any atom is 0.226 e. The van der Waals surface area contributed by atoms with Gasteiger partial charge in [0, 0.05) is 29.7 Å². The minimum Gasteiger partial charge on any atom is -0.352 e. The van der Waals surface area contributed by atoms with E-state index in [1.807, 2.05) is 56.3 Å². The lowest BCUT2D eigenvalue weighted by molar-refractivity contribution is -0.116. The fourth-order valence-corrected chi connectivity index (χ4v) is 4.93. The monoisotopic (exact) mass is 436 g/mol. The Labute approximate surface area is 186 Å². The summed E-state index contributed by atoms with van der Waals surface area (Å²) in [6.45, 7) is 4.56. The summed E-state index contributed by atoms with van der Waals surface area (Å²) in [7, 11) is 0. The zero-order chi connectivity index (χ0) is 21.1. The van der Waals surface area contributed by atoms with E-state index in [1.165, 1.54) is 4.88 Å². The number of aromatic nitrogens is 1. The highest BCUT2D eigenvalue weighted by atomic mass is 32.1. The molecule has 1 aliphatic rings. The SMILES string of the molecule is Cc1ccc(C)c(NC(=O)CCN2C(=S)N[C@H](c3ccccn3)[C@H]2c2cccs2)c1. The molecule has 0 spiro atoms. The molecule has 0 bridgehead atoms. The van der Waals surface area contributed by atoms with E-state index in [0.29, 0.717) is 18.1 Å². The second-order valence-corrected chi connectivity index (χ2v) is 8.82. The van der Waals surface area contributed by atoms with Crippen LogP contribution >= 0.6 is 23.6 Å². The van der Waals surface area contributed by atoms with Crippen molar-refractivity contribution in [3.05, 3.63) is 81.8 Å². The molecule has 5 nitrogen and oxygen atoms in total. The number of nitrogens with one attached hydrogen (secondary N) is 2.